The Kier molecular flexibility index (Phi) is 3.85. The maximum atomic E-state index is 13.6. The summed E-state index contributed by atoms with van der Waals surface area (Å²) in [5, 5.41) is 0. The quantitative estimate of drug-likeness (QED) is 0.649. The van der Waals surface area contributed by atoms with E-state index in [4.69, 9.17) is 0 Å². The van der Waals surface area contributed by atoms with E-state index in [0.717, 1.165) is 19.3 Å². The molecule has 1 fully saturated rings. The highest BCUT2D eigenvalue weighted by Crippen LogP contribution is 2.46. The lowest BCUT2D eigenvalue weighted by Gasteiger charge is -2.30. The van der Waals surface area contributed by atoms with Crippen molar-refractivity contribution >= 4 is 0 Å². The first kappa shape index (κ1) is 11.9. The molecule has 0 N–H and O–H groups in total. The minimum atomic E-state index is -3.11. The van der Waals surface area contributed by atoms with Gasteiger partial charge in [0.25, 0.3) is 5.92 Å². The van der Waals surface area contributed by atoms with E-state index >= 15 is 0 Å². The number of hydrogen-bond acceptors (Lipinski definition) is 0. The highest BCUT2D eigenvalue weighted by Gasteiger charge is 2.50. The number of hydrogen-bond donors (Lipinski definition) is 0. The van der Waals surface area contributed by atoms with Crippen LogP contribution in [0.1, 0.15) is 46.0 Å². The van der Waals surface area contributed by atoms with Crippen molar-refractivity contribution in [2.45, 2.75) is 58.0 Å². The maximum absolute atomic E-state index is 13.6. The molecule has 3 atom stereocenters. The van der Waals surface area contributed by atoms with Crippen molar-refractivity contribution in [3.8, 4) is 0 Å². The summed E-state index contributed by atoms with van der Waals surface area (Å²) in [4.78, 5) is 0. The van der Waals surface area contributed by atoms with Gasteiger partial charge in [-0.25, -0.2) is 13.2 Å². The Morgan fingerprint density at radius 1 is 1.29 bits per heavy atom. The van der Waals surface area contributed by atoms with Crippen LogP contribution in [0.15, 0.2) is 0 Å². The van der Waals surface area contributed by atoms with E-state index in [1.54, 1.807) is 0 Å². The van der Waals surface area contributed by atoms with Crippen molar-refractivity contribution in [1.29, 1.82) is 0 Å². The molecule has 3 unspecified atom stereocenters. The third-order valence-electron chi connectivity index (χ3n) is 3.45. The average molecular weight is 208 g/mol. The molecule has 0 aliphatic heterocycles. The van der Waals surface area contributed by atoms with Crippen LogP contribution in [0.5, 0.6) is 0 Å². The molecule has 0 aromatic heterocycles. The van der Waals surface area contributed by atoms with Crippen LogP contribution in [0.25, 0.3) is 0 Å². The fourth-order valence-electron chi connectivity index (χ4n) is 2.54. The molecule has 0 heterocycles. The average Bonchev–Trinajstić information content (AvgIpc) is 2.64. The van der Waals surface area contributed by atoms with Gasteiger partial charge in [-0.3, -0.25) is 0 Å². The number of rotatable bonds is 4. The van der Waals surface area contributed by atoms with Crippen LogP contribution in [0.3, 0.4) is 0 Å². The number of halogens is 3. The zero-order chi connectivity index (χ0) is 10.8. The Morgan fingerprint density at radius 2 is 1.93 bits per heavy atom. The van der Waals surface area contributed by atoms with Gasteiger partial charge in [0.1, 0.15) is 0 Å². The maximum Gasteiger partial charge on any atom is 0.281 e. The minimum absolute atomic E-state index is 0.0230. The molecule has 1 saturated carbocycles. The molecule has 0 bridgehead atoms. The third-order valence-corrected chi connectivity index (χ3v) is 3.45. The Labute approximate surface area is 83.9 Å². The highest BCUT2D eigenvalue weighted by atomic mass is 19.3. The Hall–Kier alpha value is -0.210. The van der Waals surface area contributed by atoms with E-state index in [0.29, 0.717) is 6.42 Å². The second-order valence-electron chi connectivity index (χ2n) is 4.26. The van der Waals surface area contributed by atoms with Gasteiger partial charge in [0, 0.05) is 5.92 Å². The van der Waals surface area contributed by atoms with Crippen LogP contribution in [-0.4, -0.2) is 12.1 Å². The van der Waals surface area contributed by atoms with Gasteiger partial charge in [-0.1, -0.05) is 26.7 Å². The smallest absolute Gasteiger partial charge is 0.241 e. The van der Waals surface area contributed by atoms with Crippen LogP contribution in [-0.2, 0) is 0 Å². The van der Waals surface area contributed by atoms with E-state index in [1.165, 1.54) is 6.92 Å². The van der Waals surface area contributed by atoms with Crippen molar-refractivity contribution in [3.05, 3.63) is 0 Å². The Morgan fingerprint density at radius 3 is 2.43 bits per heavy atom. The lowest BCUT2D eigenvalue weighted by molar-refractivity contribution is -0.130. The molecule has 14 heavy (non-hydrogen) atoms. The van der Waals surface area contributed by atoms with Crippen LogP contribution in [0.4, 0.5) is 13.2 Å². The van der Waals surface area contributed by atoms with Gasteiger partial charge in [-0.05, 0) is 25.2 Å². The van der Waals surface area contributed by atoms with Crippen molar-refractivity contribution in [1.82, 2.24) is 0 Å². The van der Waals surface area contributed by atoms with Crippen molar-refractivity contribution in [2.75, 3.05) is 0 Å². The summed E-state index contributed by atoms with van der Waals surface area (Å²) >= 11 is 0. The molecular weight excluding hydrogens is 189 g/mol. The van der Waals surface area contributed by atoms with Crippen LogP contribution < -0.4 is 0 Å². The number of alkyl halides is 3. The topological polar surface area (TPSA) is 0 Å². The second kappa shape index (κ2) is 4.54. The Balaban J connectivity index is 2.70. The first-order valence-electron chi connectivity index (χ1n) is 5.55. The van der Waals surface area contributed by atoms with Gasteiger partial charge < -0.3 is 0 Å². The molecule has 3 heteroatoms. The molecule has 0 amide bonds. The normalized spacial score (nSPS) is 30.6. The molecule has 0 nitrogen and oxygen atoms in total. The lowest BCUT2D eigenvalue weighted by Crippen LogP contribution is -2.39. The summed E-state index contributed by atoms with van der Waals surface area (Å²) < 4.78 is 40.3. The van der Waals surface area contributed by atoms with Crippen molar-refractivity contribution in [3.63, 3.8) is 0 Å². The fourth-order valence-corrected chi connectivity index (χ4v) is 2.54. The van der Waals surface area contributed by atoms with E-state index in [1.807, 2.05) is 6.92 Å². The molecule has 1 aliphatic rings. The summed E-state index contributed by atoms with van der Waals surface area (Å²) in [5.41, 5.74) is 0. The zero-order valence-corrected chi connectivity index (χ0v) is 8.90. The van der Waals surface area contributed by atoms with Gasteiger partial charge in [0.15, 0.2) is 6.17 Å². The van der Waals surface area contributed by atoms with Crippen LogP contribution in [0, 0.1) is 11.8 Å². The van der Waals surface area contributed by atoms with Crippen molar-refractivity contribution in [2.24, 2.45) is 11.8 Å². The SMILES string of the molecule is CCC1CCCC1C(F)(F)C(F)CC. The van der Waals surface area contributed by atoms with E-state index in [-0.39, 0.29) is 12.3 Å². The fraction of sp³-hybridized carbons (Fsp3) is 1.00. The monoisotopic (exact) mass is 208 g/mol. The lowest BCUT2D eigenvalue weighted by atomic mass is 9.85. The van der Waals surface area contributed by atoms with E-state index in [2.05, 4.69) is 0 Å². The molecule has 0 spiro atoms. The van der Waals surface area contributed by atoms with Crippen LogP contribution in [0.2, 0.25) is 0 Å². The molecule has 1 aliphatic carbocycles. The zero-order valence-electron chi connectivity index (χ0n) is 8.90. The molecule has 84 valence electrons. The summed E-state index contributed by atoms with van der Waals surface area (Å²) in [6.45, 7) is 3.40. The first-order chi connectivity index (χ1) is 6.54. The van der Waals surface area contributed by atoms with Gasteiger partial charge in [0.05, 0.1) is 0 Å². The highest BCUT2D eigenvalue weighted by molar-refractivity contribution is 4.91. The van der Waals surface area contributed by atoms with Crippen molar-refractivity contribution < 1.29 is 13.2 Å². The third kappa shape index (κ3) is 2.06. The van der Waals surface area contributed by atoms with E-state index < -0.39 is 18.0 Å². The van der Waals surface area contributed by atoms with Gasteiger partial charge in [0.2, 0.25) is 0 Å². The molecule has 1 rings (SSSR count). The van der Waals surface area contributed by atoms with E-state index in [9.17, 15) is 13.2 Å². The summed E-state index contributed by atoms with van der Waals surface area (Å²) in [6.07, 6.45) is 0.866. The van der Waals surface area contributed by atoms with Gasteiger partial charge >= 0.3 is 0 Å². The summed E-state index contributed by atoms with van der Waals surface area (Å²) in [6, 6.07) is 0. The van der Waals surface area contributed by atoms with Gasteiger partial charge in [-0.15, -0.1) is 0 Å². The minimum Gasteiger partial charge on any atom is -0.241 e. The predicted molar refractivity (Wildman–Crippen MR) is 51.3 cm³/mol. The molecule has 0 aromatic rings. The van der Waals surface area contributed by atoms with Gasteiger partial charge in [-0.2, -0.15) is 0 Å². The molecule has 0 radical (unpaired) electrons. The molecule has 0 saturated heterocycles. The van der Waals surface area contributed by atoms with Crippen LogP contribution >= 0.6 is 0 Å². The molecular formula is C11H19F3. The second-order valence-corrected chi connectivity index (χ2v) is 4.26. The predicted octanol–water partition coefficient (Wildman–Crippen LogP) is 4.20. The Bertz CT molecular complexity index is 179. The standard InChI is InChI=1S/C11H19F3/c1-3-8-6-5-7-9(8)11(13,14)10(12)4-2/h8-10H,3-7H2,1-2H3. The largest absolute Gasteiger partial charge is 0.281 e. The summed E-state index contributed by atoms with van der Waals surface area (Å²) in [7, 11) is 0. The molecule has 0 aromatic carbocycles. The summed E-state index contributed by atoms with van der Waals surface area (Å²) in [5.74, 6) is -3.80. The first-order valence-corrected chi connectivity index (χ1v) is 5.55.